The van der Waals surface area contributed by atoms with Crippen molar-refractivity contribution in [2.24, 2.45) is 0 Å². The second kappa shape index (κ2) is 17.3. The van der Waals surface area contributed by atoms with Crippen molar-refractivity contribution in [3.8, 4) is 5.75 Å². The van der Waals surface area contributed by atoms with Crippen LogP contribution in [-0.4, -0.2) is 71.8 Å². The number of allylic oxidation sites excluding steroid dienone is 1. The Bertz CT molecular complexity index is 982. The van der Waals surface area contributed by atoms with Gasteiger partial charge in [-0.25, -0.2) is 0 Å². The van der Waals surface area contributed by atoms with E-state index in [0.717, 1.165) is 46.1 Å². The maximum absolute atomic E-state index is 12.7. The fourth-order valence-corrected chi connectivity index (χ4v) is 4.69. The third kappa shape index (κ3) is 10.8. The summed E-state index contributed by atoms with van der Waals surface area (Å²) in [6.07, 6.45) is 1.16. The van der Waals surface area contributed by atoms with Gasteiger partial charge in [0.25, 0.3) is 0 Å². The van der Waals surface area contributed by atoms with Gasteiger partial charge in [0.2, 0.25) is 5.91 Å². The molecule has 2 N–H and O–H groups in total. The predicted molar refractivity (Wildman–Crippen MR) is 164 cm³/mol. The highest BCUT2D eigenvalue weighted by Crippen LogP contribution is 2.22. The molecular weight excluding hydrogens is 494 g/mol. The molecule has 1 heterocycles. The van der Waals surface area contributed by atoms with Gasteiger partial charge in [-0.1, -0.05) is 38.1 Å². The number of piperazine rings is 1. The van der Waals surface area contributed by atoms with Crippen LogP contribution in [-0.2, 0) is 4.79 Å². The summed E-state index contributed by atoms with van der Waals surface area (Å²) in [7, 11) is 0. The summed E-state index contributed by atoms with van der Waals surface area (Å²) >= 11 is 4.38. The van der Waals surface area contributed by atoms with Crippen LogP contribution in [0.4, 0.5) is 5.69 Å². The summed E-state index contributed by atoms with van der Waals surface area (Å²) in [5.74, 6) is 0.751. The molecule has 6 nitrogen and oxygen atoms in total. The molecule has 212 valence electrons. The maximum Gasteiger partial charge on any atom is 0.238 e. The van der Waals surface area contributed by atoms with E-state index in [1.54, 1.807) is 6.08 Å². The molecule has 0 aromatic heterocycles. The minimum absolute atomic E-state index is 0.0104. The van der Waals surface area contributed by atoms with Crippen molar-refractivity contribution < 1.29 is 14.6 Å². The molecule has 0 spiro atoms. The van der Waals surface area contributed by atoms with Gasteiger partial charge in [0.1, 0.15) is 18.5 Å². The summed E-state index contributed by atoms with van der Waals surface area (Å²) in [5.41, 5.74) is 4.10. The number of aliphatic hydroxyl groups is 1. The Morgan fingerprint density at radius 3 is 2.21 bits per heavy atom. The van der Waals surface area contributed by atoms with Crippen LogP contribution >= 0.6 is 12.6 Å². The predicted octanol–water partition coefficient (Wildman–Crippen LogP) is 5.89. The number of nitrogens with zero attached hydrogens (tertiary/aromatic N) is 2. The number of anilines is 1. The second-order valence-electron chi connectivity index (χ2n) is 9.73. The monoisotopic (exact) mass is 543 g/mol. The van der Waals surface area contributed by atoms with Gasteiger partial charge in [-0.3, -0.25) is 14.6 Å². The number of nitrogens with one attached hydrogen (secondary N) is 1. The smallest absolute Gasteiger partial charge is 0.238 e. The molecule has 1 amide bonds. The normalized spacial score (nSPS) is 18.3. The Labute approximate surface area is 236 Å². The molecule has 1 aliphatic heterocycles. The third-order valence-corrected chi connectivity index (χ3v) is 6.82. The number of rotatable bonds is 8. The van der Waals surface area contributed by atoms with E-state index in [9.17, 15) is 9.90 Å². The molecule has 7 heteroatoms. The molecule has 38 heavy (non-hydrogen) atoms. The van der Waals surface area contributed by atoms with Gasteiger partial charge in [-0.15, -0.1) is 19.2 Å². The van der Waals surface area contributed by atoms with Crippen LogP contribution in [0.2, 0.25) is 0 Å². The van der Waals surface area contributed by atoms with E-state index in [2.05, 4.69) is 48.2 Å². The summed E-state index contributed by atoms with van der Waals surface area (Å²) in [5, 5.41) is 13.7. The van der Waals surface area contributed by atoms with Gasteiger partial charge in [0, 0.05) is 42.3 Å². The quantitative estimate of drug-likeness (QED) is 0.286. The van der Waals surface area contributed by atoms with Crippen molar-refractivity contribution in [3.05, 3.63) is 65.7 Å². The number of ether oxygens (including phenoxy) is 1. The lowest BCUT2D eigenvalue weighted by Crippen LogP contribution is -2.59. The Morgan fingerprint density at radius 2 is 1.68 bits per heavy atom. The molecule has 1 saturated heterocycles. The zero-order valence-electron chi connectivity index (χ0n) is 24.6. The molecule has 0 saturated carbocycles. The van der Waals surface area contributed by atoms with E-state index in [1.807, 2.05) is 77.9 Å². The number of aryl methyl sites for hydroxylation is 3. The molecule has 3 rings (SSSR count). The van der Waals surface area contributed by atoms with E-state index >= 15 is 0 Å². The second-order valence-corrected chi connectivity index (χ2v) is 10.2. The number of carbonyl (C=O) groups is 1. The van der Waals surface area contributed by atoms with Gasteiger partial charge < -0.3 is 15.2 Å². The largest absolute Gasteiger partial charge is 0.491 e. The van der Waals surface area contributed by atoms with Crippen molar-refractivity contribution in [2.45, 2.75) is 78.5 Å². The minimum atomic E-state index is -0.593. The zero-order chi connectivity index (χ0) is 28.8. The first-order chi connectivity index (χ1) is 18.0. The average molecular weight is 544 g/mol. The number of aliphatic hydroxyl groups excluding tert-OH is 1. The summed E-state index contributed by atoms with van der Waals surface area (Å²) in [4.78, 5) is 18.1. The van der Waals surface area contributed by atoms with Crippen LogP contribution in [0.25, 0.3) is 0 Å². The molecule has 1 aliphatic rings. The molecule has 3 unspecified atom stereocenters. The van der Waals surface area contributed by atoms with Crippen molar-refractivity contribution >= 4 is 24.2 Å². The van der Waals surface area contributed by atoms with E-state index in [-0.39, 0.29) is 24.6 Å². The van der Waals surface area contributed by atoms with E-state index in [4.69, 9.17) is 4.74 Å². The number of para-hydroxylation sites is 1. The number of hydrogen-bond donors (Lipinski definition) is 3. The number of amides is 1. The van der Waals surface area contributed by atoms with Gasteiger partial charge in [0.05, 0.1) is 6.54 Å². The standard InChI is InChI=1S/C26H37N3O3S.C3H6.C2H6/c1-17-7-6-8-18(2)26(17)27-25(31)15-28-12-20(4)29(21(5)13-28)14-22(30)16-32-23-9-10-24(33)19(3)11-23;1-3-2;1-2/h6-11,20-22,30,33H,12-16H2,1-5H3,(H,27,31);3H,1H2,2H3;1-2H3. The zero-order valence-corrected chi connectivity index (χ0v) is 25.5. The molecule has 3 atom stereocenters. The van der Waals surface area contributed by atoms with Crippen LogP contribution in [0.1, 0.15) is 51.3 Å². The fourth-order valence-electron chi connectivity index (χ4n) is 4.55. The van der Waals surface area contributed by atoms with Crippen LogP contribution in [0, 0.1) is 20.8 Å². The fraction of sp³-hybridized carbons (Fsp3) is 0.516. The lowest BCUT2D eigenvalue weighted by molar-refractivity contribution is -0.118. The number of benzene rings is 2. The van der Waals surface area contributed by atoms with E-state index in [0.29, 0.717) is 13.1 Å². The van der Waals surface area contributed by atoms with Gasteiger partial charge in [-0.2, -0.15) is 0 Å². The number of carbonyl (C=O) groups excluding carboxylic acids is 1. The average Bonchev–Trinajstić information content (AvgIpc) is 2.86. The SMILES string of the molecule is C=CC.CC.Cc1cc(OCC(O)CN2C(C)CN(CC(=O)Nc3c(C)cccc3C)CC2C)ccc1S. The van der Waals surface area contributed by atoms with E-state index in [1.165, 1.54) is 0 Å². The maximum atomic E-state index is 12.7. The van der Waals surface area contributed by atoms with Crippen LogP contribution in [0.3, 0.4) is 0 Å². The Kier molecular flexibility index (Phi) is 15.3. The van der Waals surface area contributed by atoms with Crippen molar-refractivity contribution in [1.29, 1.82) is 0 Å². The van der Waals surface area contributed by atoms with Crippen LogP contribution in [0.15, 0.2) is 53.9 Å². The Morgan fingerprint density at radius 1 is 1.13 bits per heavy atom. The van der Waals surface area contributed by atoms with Gasteiger partial charge in [0.15, 0.2) is 0 Å². The minimum Gasteiger partial charge on any atom is -0.491 e. The lowest BCUT2D eigenvalue weighted by atomic mass is 10.1. The highest BCUT2D eigenvalue weighted by Gasteiger charge is 2.31. The number of hydrogen-bond acceptors (Lipinski definition) is 6. The molecule has 0 radical (unpaired) electrons. The van der Waals surface area contributed by atoms with Crippen LogP contribution in [0.5, 0.6) is 5.75 Å². The topological polar surface area (TPSA) is 65.0 Å². The Balaban J connectivity index is 0.00000135. The van der Waals surface area contributed by atoms with Gasteiger partial charge >= 0.3 is 0 Å². The van der Waals surface area contributed by atoms with E-state index < -0.39 is 6.10 Å². The number of β-amino-alcohol motifs (C(OH)–C–C–N with tert-alkyl or cyclic N) is 1. The first kappa shape index (κ1) is 33.7. The Hall–Kier alpha value is -2.32. The molecule has 1 fully saturated rings. The molecule has 0 bridgehead atoms. The third-order valence-electron chi connectivity index (χ3n) is 6.32. The van der Waals surface area contributed by atoms with Gasteiger partial charge in [-0.05, 0) is 76.4 Å². The molecule has 0 aliphatic carbocycles. The van der Waals surface area contributed by atoms with Crippen molar-refractivity contribution in [2.75, 3.05) is 38.1 Å². The highest BCUT2D eigenvalue weighted by molar-refractivity contribution is 7.80. The van der Waals surface area contributed by atoms with Crippen molar-refractivity contribution in [1.82, 2.24) is 9.80 Å². The highest BCUT2D eigenvalue weighted by atomic mass is 32.1. The summed E-state index contributed by atoms with van der Waals surface area (Å²) in [6, 6.07) is 12.2. The molecule has 2 aromatic rings. The van der Waals surface area contributed by atoms with Crippen LogP contribution < -0.4 is 10.1 Å². The number of thiol groups is 1. The summed E-state index contributed by atoms with van der Waals surface area (Å²) < 4.78 is 5.79. The van der Waals surface area contributed by atoms with Crippen molar-refractivity contribution in [3.63, 3.8) is 0 Å². The molecule has 2 aromatic carbocycles. The summed E-state index contributed by atoms with van der Waals surface area (Å²) in [6.45, 7) is 22.2. The first-order valence-electron chi connectivity index (χ1n) is 13.6. The first-order valence-corrected chi connectivity index (χ1v) is 14.0. The lowest BCUT2D eigenvalue weighted by Gasteiger charge is -2.45. The molecular formula is C31H49N3O3S.